The third kappa shape index (κ3) is 17.3. The SMILES string of the molecule is CCCCCCCCCCCC[N+](CC)(CC)CC.O=[N+]([O-])O. The van der Waals surface area contributed by atoms with E-state index in [9.17, 15) is 0 Å². The molecule has 0 aromatic rings. The van der Waals surface area contributed by atoms with Gasteiger partial charge < -0.3 is 9.69 Å². The van der Waals surface area contributed by atoms with Crippen LogP contribution in [0, 0.1) is 10.1 Å². The smallest absolute Gasteiger partial charge is 0.291 e. The lowest BCUT2D eigenvalue weighted by Crippen LogP contribution is -2.48. The summed E-state index contributed by atoms with van der Waals surface area (Å²) in [6.45, 7) is 14.7. The number of unbranched alkanes of at least 4 members (excludes halogenated alkanes) is 9. The van der Waals surface area contributed by atoms with Crippen LogP contribution in [0.4, 0.5) is 0 Å². The second kappa shape index (κ2) is 17.5. The van der Waals surface area contributed by atoms with Gasteiger partial charge in [0.15, 0.2) is 0 Å². The molecule has 0 bridgehead atoms. The van der Waals surface area contributed by atoms with Gasteiger partial charge in [-0.2, -0.15) is 0 Å². The van der Waals surface area contributed by atoms with E-state index in [0.29, 0.717) is 0 Å². The number of hydrogen-bond donors (Lipinski definition) is 1. The number of rotatable bonds is 14. The van der Waals surface area contributed by atoms with Crippen molar-refractivity contribution in [3.63, 3.8) is 0 Å². The molecule has 140 valence electrons. The number of quaternary nitrogens is 1. The lowest BCUT2D eigenvalue weighted by Gasteiger charge is -2.35. The van der Waals surface area contributed by atoms with Crippen molar-refractivity contribution >= 4 is 0 Å². The van der Waals surface area contributed by atoms with E-state index >= 15 is 0 Å². The normalized spacial score (nSPS) is 11.0. The molecule has 0 saturated heterocycles. The lowest BCUT2D eigenvalue weighted by atomic mass is 10.1. The molecule has 0 spiro atoms. The molecule has 0 radical (unpaired) electrons. The fourth-order valence-electron chi connectivity index (χ4n) is 3.08. The molecule has 0 aromatic carbocycles. The van der Waals surface area contributed by atoms with Crippen molar-refractivity contribution in [2.24, 2.45) is 0 Å². The van der Waals surface area contributed by atoms with Gasteiger partial charge in [0.05, 0.1) is 26.2 Å². The van der Waals surface area contributed by atoms with Crippen LogP contribution in [0.2, 0.25) is 0 Å². The molecule has 0 amide bonds. The molecule has 0 aliphatic heterocycles. The van der Waals surface area contributed by atoms with Crippen LogP contribution in [0.25, 0.3) is 0 Å². The van der Waals surface area contributed by atoms with Gasteiger partial charge in [0.2, 0.25) is 0 Å². The van der Waals surface area contributed by atoms with Crippen LogP contribution in [0.15, 0.2) is 0 Å². The summed E-state index contributed by atoms with van der Waals surface area (Å²) in [5.74, 6) is 0. The zero-order valence-electron chi connectivity index (χ0n) is 16.1. The van der Waals surface area contributed by atoms with E-state index in [1.54, 1.807) is 0 Å². The van der Waals surface area contributed by atoms with E-state index < -0.39 is 5.09 Å². The summed E-state index contributed by atoms with van der Waals surface area (Å²) >= 11 is 0. The fraction of sp³-hybridized carbons (Fsp3) is 1.00. The molecule has 0 aliphatic rings. The van der Waals surface area contributed by atoms with E-state index in [-0.39, 0.29) is 0 Å². The van der Waals surface area contributed by atoms with Crippen molar-refractivity contribution in [2.45, 2.75) is 91.9 Å². The van der Waals surface area contributed by atoms with Crippen LogP contribution in [-0.4, -0.2) is 41.0 Å². The zero-order chi connectivity index (χ0) is 18.0. The second-order valence-electron chi connectivity index (χ2n) is 6.43. The summed E-state index contributed by atoms with van der Waals surface area (Å²) in [5, 5.41) is 13.6. The quantitative estimate of drug-likeness (QED) is 0.199. The average Bonchev–Trinajstić information content (AvgIpc) is 2.53. The van der Waals surface area contributed by atoms with E-state index in [0.717, 1.165) is 0 Å². The van der Waals surface area contributed by atoms with Crippen molar-refractivity contribution in [1.82, 2.24) is 0 Å². The highest BCUT2D eigenvalue weighted by Gasteiger charge is 2.19. The largest absolute Gasteiger partial charge is 0.328 e. The number of hydrogen-bond acceptors (Lipinski definition) is 2. The predicted molar refractivity (Wildman–Crippen MR) is 97.4 cm³/mol. The highest BCUT2D eigenvalue weighted by Crippen LogP contribution is 2.13. The first-order valence-electron chi connectivity index (χ1n) is 9.66. The monoisotopic (exact) mass is 333 g/mol. The Balaban J connectivity index is 0. The summed E-state index contributed by atoms with van der Waals surface area (Å²) in [6.07, 6.45) is 14.5. The predicted octanol–water partition coefficient (Wildman–Crippen LogP) is 5.44. The topological polar surface area (TPSA) is 63.4 Å². The standard InChI is InChI=1S/C18H40N.HNO3/c1-5-9-10-11-12-13-14-15-16-17-18-19(6-2,7-3)8-4;2-1(3)4/h5-18H2,1-4H3;(H,2,3,4)/q+1;. The molecule has 0 fully saturated rings. The molecular weight excluding hydrogens is 292 g/mol. The van der Waals surface area contributed by atoms with E-state index in [1.165, 1.54) is 94.9 Å². The molecule has 5 heteroatoms. The van der Waals surface area contributed by atoms with Crippen LogP contribution < -0.4 is 0 Å². The van der Waals surface area contributed by atoms with Crippen molar-refractivity contribution in [3.8, 4) is 0 Å². The minimum Gasteiger partial charge on any atom is -0.328 e. The van der Waals surface area contributed by atoms with E-state index in [2.05, 4.69) is 27.7 Å². The minimum atomic E-state index is -1.50. The van der Waals surface area contributed by atoms with Crippen LogP contribution >= 0.6 is 0 Å². The van der Waals surface area contributed by atoms with E-state index in [4.69, 9.17) is 15.3 Å². The first-order valence-corrected chi connectivity index (χ1v) is 9.66. The van der Waals surface area contributed by atoms with Gasteiger partial charge in [-0.3, -0.25) is 0 Å². The zero-order valence-corrected chi connectivity index (χ0v) is 16.1. The summed E-state index contributed by atoms with van der Waals surface area (Å²) in [6, 6.07) is 0. The van der Waals surface area contributed by atoms with Gasteiger partial charge in [-0.05, 0) is 33.6 Å². The van der Waals surface area contributed by atoms with Crippen LogP contribution in [0.5, 0.6) is 0 Å². The molecule has 0 aromatic heterocycles. The Labute approximate surface area is 143 Å². The van der Waals surface area contributed by atoms with Crippen LogP contribution in [0.3, 0.4) is 0 Å². The Bertz CT molecular complexity index is 244. The van der Waals surface area contributed by atoms with Crippen molar-refractivity contribution in [2.75, 3.05) is 26.2 Å². The summed E-state index contributed by atoms with van der Waals surface area (Å²) in [5.41, 5.74) is 0. The van der Waals surface area contributed by atoms with Crippen molar-refractivity contribution in [1.29, 1.82) is 0 Å². The van der Waals surface area contributed by atoms with Crippen molar-refractivity contribution < 1.29 is 14.8 Å². The summed E-state index contributed by atoms with van der Waals surface area (Å²) < 4.78 is 1.33. The maximum absolute atomic E-state index is 8.36. The highest BCUT2D eigenvalue weighted by atomic mass is 16.9. The van der Waals surface area contributed by atoms with Gasteiger partial charge in [0, 0.05) is 0 Å². The van der Waals surface area contributed by atoms with E-state index in [1.807, 2.05) is 0 Å². The van der Waals surface area contributed by atoms with Crippen LogP contribution in [0.1, 0.15) is 91.9 Å². The Morgan fingerprint density at radius 3 is 1.35 bits per heavy atom. The van der Waals surface area contributed by atoms with Crippen LogP contribution in [-0.2, 0) is 0 Å². The first-order chi connectivity index (χ1) is 11.0. The maximum Gasteiger partial charge on any atom is 0.291 e. The molecule has 0 heterocycles. The molecule has 0 saturated carbocycles. The number of nitrogens with zero attached hydrogens (tertiary/aromatic N) is 2. The van der Waals surface area contributed by atoms with Gasteiger partial charge in [-0.25, -0.2) is 0 Å². The molecule has 0 aliphatic carbocycles. The third-order valence-electron chi connectivity index (χ3n) is 5.00. The summed E-state index contributed by atoms with van der Waals surface area (Å²) in [4.78, 5) is 8.36. The average molecular weight is 334 g/mol. The Morgan fingerprint density at radius 2 is 1.04 bits per heavy atom. The van der Waals surface area contributed by atoms with Crippen molar-refractivity contribution in [3.05, 3.63) is 10.1 Å². The first kappa shape index (κ1) is 24.4. The highest BCUT2D eigenvalue weighted by molar-refractivity contribution is 4.48. The Morgan fingerprint density at radius 1 is 0.739 bits per heavy atom. The molecule has 23 heavy (non-hydrogen) atoms. The molecule has 5 nitrogen and oxygen atoms in total. The Hall–Kier alpha value is -0.840. The Kier molecular flexibility index (Phi) is 18.6. The molecular formula is C18H41N2O3+. The lowest BCUT2D eigenvalue weighted by molar-refractivity contribution is -0.923. The summed E-state index contributed by atoms with van der Waals surface area (Å²) in [7, 11) is 0. The van der Waals surface area contributed by atoms with Gasteiger partial charge in [-0.15, -0.1) is 10.1 Å². The third-order valence-corrected chi connectivity index (χ3v) is 5.00. The van der Waals surface area contributed by atoms with Gasteiger partial charge in [0.25, 0.3) is 5.09 Å². The van der Waals surface area contributed by atoms with Gasteiger partial charge in [0.1, 0.15) is 0 Å². The molecule has 0 rings (SSSR count). The maximum atomic E-state index is 8.36. The fourth-order valence-corrected chi connectivity index (χ4v) is 3.08. The second-order valence-corrected chi connectivity index (χ2v) is 6.43. The van der Waals surface area contributed by atoms with Gasteiger partial charge in [-0.1, -0.05) is 58.3 Å². The minimum absolute atomic E-state index is 1.31. The molecule has 0 unspecified atom stereocenters. The van der Waals surface area contributed by atoms with Gasteiger partial charge >= 0.3 is 0 Å². The molecule has 0 atom stereocenters. The molecule has 1 N–H and O–H groups in total.